The molecule has 0 amide bonds. The lowest BCUT2D eigenvalue weighted by Crippen LogP contribution is -3.00. The molecule has 4 rings (SSSR count). The van der Waals surface area contributed by atoms with Gasteiger partial charge in [0.1, 0.15) is 6.07 Å². The molecule has 0 radical (unpaired) electrons. The van der Waals surface area contributed by atoms with Crippen LogP contribution in [0.25, 0.3) is 22.5 Å². The van der Waals surface area contributed by atoms with Crippen molar-refractivity contribution in [1.29, 1.82) is 0 Å². The minimum Gasteiger partial charge on any atom is -1.00 e. The summed E-state index contributed by atoms with van der Waals surface area (Å²) in [6.07, 6.45) is 6.43. The molecule has 0 saturated heterocycles. The van der Waals surface area contributed by atoms with Gasteiger partial charge < -0.3 is 34.6 Å². The Morgan fingerprint density at radius 1 is 0.730 bits per heavy atom. The van der Waals surface area contributed by atoms with Crippen LogP contribution < -0.4 is 33.9 Å². The van der Waals surface area contributed by atoms with Crippen LogP contribution in [-0.2, 0) is 10.7 Å². The van der Waals surface area contributed by atoms with Gasteiger partial charge in [0.2, 0.25) is 5.69 Å². The Bertz CT molecular complexity index is 1480. The Hall–Kier alpha value is -3.73. The number of pyridine rings is 2. The van der Waals surface area contributed by atoms with Crippen molar-refractivity contribution in [3.05, 3.63) is 117 Å². The van der Waals surface area contributed by atoms with E-state index in [4.69, 9.17) is 0 Å². The van der Waals surface area contributed by atoms with Crippen LogP contribution in [0.5, 0.6) is 0 Å². The summed E-state index contributed by atoms with van der Waals surface area (Å²) in [6, 6.07) is 17.6. The quantitative estimate of drug-likeness (QED) is 0.108. The third kappa shape index (κ3) is 6.94. The van der Waals surface area contributed by atoms with Gasteiger partial charge in [-0.1, -0.05) is 18.2 Å². The van der Waals surface area contributed by atoms with Crippen LogP contribution in [0, 0.1) is 20.2 Å². The monoisotopic (exact) mass is 564 g/mol. The second kappa shape index (κ2) is 12.0. The highest BCUT2D eigenvalue weighted by molar-refractivity contribution is 7.50. The van der Waals surface area contributed by atoms with E-state index in [0.29, 0.717) is 11.3 Å². The van der Waals surface area contributed by atoms with Crippen LogP contribution in [0.15, 0.2) is 91.5 Å². The fraction of sp³-hybridized carbons (Fsp3) is 0.0435. The van der Waals surface area contributed by atoms with Gasteiger partial charge in [0.15, 0.2) is 24.8 Å². The topological polar surface area (TPSA) is 152 Å². The molecule has 0 aliphatic rings. The van der Waals surface area contributed by atoms with Crippen LogP contribution >= 0.6 is 7.60 Å². The first-order valence-electron chi connectivity index (χ1n) is 10.2. The van der Waals surface area contributed by atoms with Crippen LogP contribution in [0.1, 0.15) is 5.56 Å². The number of hydrogen-bond acceptors (Lipinski definition) is 5. The first-order chi connectivity index (χ1) is 16.6. The zero-order chi connectivity index (χ0) is 25.2. The van der Waals surface area contributed by atoms with Crippen molar-refractivity contribution in [3.63, 3.8) is 0 Å². The van der Waals surface area contributed by atoms with Gasteiger partial charge in [-0.2, -0.15) is 9.13 Å². The summed E-state index contributed by atoms with van der Waals surface area (Å²) in [7, 11) is -4.23. The molecule has 2 aromatic heterocycles. The van der Waals surface area contributed by atoms with E-state index in [2.05, 4.69) is 0 Å². The van der Waals surface area contributed by atoms with Crippen molar-refractivity contribution >= 4 is 19.0 Å². The lowest BCUT2D eigenvalue weighted by atomic mass is 10.1. The first kappa shape index (κ1) is 29.5. The van der Waals surface area contributed by atoms with Gasteiger partial charge in [-0.25, -0.2) is 0 Å². The number of hydrogen-bond donors (Lipinski definition) is 2. The normalized spacial score (nSPS) is 10.6. The minimum absolute atomic E-state index is 0. The molecule has 0 spiro atoms. The maximum absolute atomic E-state index is 11.5. The predicted octanol–water partition coefficient (Wildman–Crippen LogP) is -2.59. The van der Waals surface area contributed by atoms with Crippen LogP contribution in [0.3, 0.4) is 0 Å². The largest absolute Gasteiger partial charge is 1.00 e. The molecule has 0 unspecified atom stereocenters. The van der Waals surface area contributed by atoms with Gasteiger partial charge in [0.05, 0.1) is 16.0 Å². The van der Waals surface area contributed by atoms with Crippen LogP contribution in [0.4, 0.5) is 11.4 Å². The molecule has 0 atom stereocenters. The average Bonchev–Trinajstić information content (AvgIpc) is 2.83. The van der Waals surface area contributed by atoms with Crippen molar-refractivity contribution in [2.75, 3.05) is 0 Å². The fourth-order valence-electron chi connectivity index (χ4n) is 3.67. The van der Waals surface area contributed by atoms with Crippen LogP contribution in [0.2, 0.25) is 0 Å². The Morgan fingerprint density at radius 2 is 1.24 bits per heavy atom. The summed E-state index contributed by atoms with van der Waals surface area (Å²) >= 11 is 0. The van der Waals surface area contributed by atoms with E-state index in [0.717, 1.165) is 17.2 Å². The molecule has 2 N–H and O–H groups in total. The van der Waals surface area contributed by atoms with Crippen molar-refractivity contribution in [2.24, 2.45) is 0 Å². The van der Waals surface area contributed by atoms with Crippen molar-refractivity contribution in [3.8, 4) is 22.5 Å². The zero-order valence-corrected chi connectivity index (χ0v) is 21.2. The SMILES string of the molecule is O=[N+]([O-])c1ccc(-[n+]2ccc(-c3cc[n+](-c4ccccc4CP(=O)(O)O)cc3)cc2)c([N+](=O)[O-])c1.[Cl-].[Cl-]. The third-order valence-electron chi connectivity index (χ3n) is 5.28. The molecule has 0 bridgehead atoms. The Morgan fingerprint density at radius 3 is 1.73 bits per heavy atom. The second-order valence-electron chi connectivity index (χ2n) is 7.63. The summed E-state index contributed by atoms with van der Waals surface area (Å²) < 4.78 is 14.7. The van der Waals surface area contributed by atoms with Crippen molar-refractivity contribution in [1.82, 2.24) is 0 Å². The average molecular weight is 565 g/mol. The van der Waals surface area contributed by atoms with Gasteiger partial charge in [0, 0.05) is 48.0 Å². The highest BCUT2D eigenvalue weighted by Gasteiger charge is 2.26. The second-order valence-corrected chi connectivity index (χ2v) is 9.27. The molecule has 14 heteroatoms. The minimum atomic E-state index is -4.23. The summed E-state index contributed by atoms with van der Waals surface area (Å²) in [5.41, 5.74) is 2.28. The van der Waals surface area contributed by atoms with E-state index in [-0.39, 0.29) is 48.0 Å². The Balaban J connectivity index is 0.00000241. The van der Waals surface area contributed by atoms with E-state index in [1.807, 2.05) is 12.1 Å². The smallest absolute Gasteiger partial charge is 0.347 e. The summed E-state index contributed by atoms with van der Waals surface area (Å²) in [6.45, 7) is 0. The van der Waals surface area contributed by atoms with E-state index in [1.54, 1.807) is 65.8 Å². The fourth-order valence-corrected chi connectivity index (χ4v) is 4.38. The Labute approximate surface area is 222 Å². The standard InChI is InChI=1S/C23H17N4O7P.2ClH/c28-26(29)20-5-6-22(23(15-20)27(30)31)25-13-9-18(10-14-25)17-7-11-24(12-8-17)21-4-2-1-3-19(21)16-35(32,33)34;;/h1-15H,16H2;2*1H. The van der Waals surface area contributed by atoms with E-state index >= 15 is 0 Å². The summed E-state index contributed by atoms with van der Waals surface area (Å²) in [4.78, 5) is 39.8. The maximum Gasteiger partial charge on any atom is 0.347 e. The number of rotatable bonds is 7. The summed E-state index contributed by atoms with van der Waals surface area (Å²) in [5, 5.41) is 22.4. The molecule has 4 aromatic rings. The van der Waals surface area contributed by atoms with Gasteiger partial charge in [0.25, 0.3) is 11.4 Å². The van der Waals surface area contributed by atoms with Crippen molar-refractivity contribution < 1.29 is 58.1 Å². The number of halogens is 2. The molecular weight excluding hydrogens is 546 g/mol. The van der Waals surface area contributed by atoms with Crippen molar-refractivity contribution in [2.45, 2.75) is 6.16 Å². The molecular formula is C23H19Cl2N4O7P. The van der Waals surface area contributed by atoms with E-state index in [9.17, 15) is 34.6 Å². The summed E-state index contributed by atoms with van der Waals surface area (Å²) in [5.74, 6) is 0. The molecule has 37 heavy (non-hydrogen) atoms. The lowest BCUT2D eigenvalue weighted by molar-refractivity contribution is -0.600. The first-order valence-corrected chi connectivity index (χ1v) is 12.0. The molecule has 0 aliphatic heterocycles. The number of aromatic nitrogens is 2. The van der Waals surface area contributed by atoms with Crippen LogP contribution in [-0.4, -0.2) is 19.6 Å². The molecule has 0 saturated carbocycles. The zero-order valence-electron chi connectivity index (χ0n) is 18.8. The molecule has 0 aliphatic carbocycles. The third-order valence-corrected chi connectivity index (χ3v) is 6.04. The molecule has 2 heterocycles. The maximum atomic E-state index is 11.5. The molecule has 11 nitrogen and oxygen atoms in total. The number of para-hydroxylation sites is 1. The van der Waals surface area contributed by atoms with Gasteiger partial charge in [-0.15, -0.1) is 0 Å². The van der Waals surface area contributed by atoms with Gasteiger partial charge >= 0.3 is 13.3 Å². The molecule has 192 valence electrons. The highest BCUT2D eigenvalue weighted by Crippen LogP contribution is 2.39. The van der Waals surface area contributed by atoms with E-state index in [1.165, 1.54) is 16.7 Å². The highest BCUT2D eigenvalue weighted by atomic mass is 35.5. The lowest BCUT2D eigenvalue weighted by Gasteiger charge is -2.07. The molecule has 0 fully saturated rings. The predicted molar refractivity (Wildman–Crippen MR) is 124 cm³/mol. The number of nitro benzene ring substituents is 2. The molecule has 2 aromatic carbocycles. The van der Waals surface area contributed by atoms with E-state index < -0.39 is 17.4 Å². The number of nitrogens with zero attached hydrogens (tertiary/aromatic N) is 4. The van der Waals surface area contributed by atoms with Gasteiger partial charge in [-0.3, -0.25) is 24.8 Å². The number of benzene rings is 2. The number of non-ortho nitro benzene ring substituents is 1. The Kier molecular flexibility index (Phi) is 9.57. The number of nitro groups is 2. The van der Waals surface area contributed by atoms with Gasteiger partial charge in [-0.05, 0) is 11.1 Å².